The summed E-state index contributed by atoms with van der Waals surface area (Å²) in [5.41, 5.74) is 2.61. The number of urea groups is 1. The molecular formula is C18H20N2O4. The van der Waals surface area contributed by atoms with E-state index < -0.39 is 0 Å². The normalized spacial score (nSPS) is 13.3. The van der Waals surface area contributed by atoms with Crippen LogP contribution in [0.15, 0.2) is 36.4 Å². The highest BCUT2D eigenvalue weighted by Gasteiger charge is 2.17. The number of benzene rings is 2. The molecule has 1 aliphatic rings. The molecule has 0 fully saturated rings. The highest BCUT2D eigenvalue weighted by atomic mass is 16.7. The second kappa shape index (κ2) is 6.70. The van der Waals surface area contributed by atoms with Crippen molar-refractivity contribution in [2.75, 3.05) is 19.2 Å². The van der Waals surface area contributed by atoms with Gasteiger partial charge in [-0.05, 0) is 49.2 Å². The summed E-state index contributed by atoms with van der Waals surface area (Å²) in [6, 6.07) is 10.8. The molecule has 1 aliphatic heterocycles. The standard InChI is InChI=1S/C18H20N2O4/c1-11-4-6-15(22-3)14(8-11)20-18(21)19-12(2)13-5-7-16-17(9-13)24-10-23-16/h4-9,12H,10H2,1-3H3,(H2,19,20,21)/t12-/m1/s1. The van der Waals surface area contributed by atoms with E-state index in [0.29, 0.717) is 17.2 Å². The van der Waals surface area contributed by atoms with Gasteiger partial charge < -0.3 is 24.8 Å². The quantitative estimate of drug-likeness (QED) is 0.899. The maximum atomic E-state index is 12.3. The fourth-order valence-corrected chi connectivity index (χ4v) is 2.54. The van der Waals surface area contributed by atoms with Crippen LogP contribution >= 0.6 is 0 Å². The van der Waals surface area contributed by atoms with E-state index in [2.05, 4.69) is 10.6 Å². The zero-order valence-electron chi connectivity index (χ0n) is 13.9. The van der Waals surface area contributed by atoms with Gasteiger partial charge in [0.2, 0.25) is 6.79 Å². The minimum Gasteiger partial charge on any atom is -0.495 e. The van der Waals surface area contributed by atoms with Gasteiger partial charge in [0.1, 0.15) is 5.75 Å². The summed E-state index contributed by atoms with van der Waals surface area (Å²) >= 11 is 0. The molecule has 0 unspecified atom stereocenters. The van der Waals surface area contributed by atoms with E-state index in [9.17, 15) is 4.79 Å². The van der Waals surface area contributed by atoms with Crippen molar-refractivity contribution < 1.29 is 19.0 Å². The highest BCUT2D eigenvalue weighted by Crippen LogP contribution is 2.34. The lowest BCUT2D eigenvalue weighted by atomic mass is 10.1. The summed E-state index contributed by atoms with van der Waals surface area (Å²) in [6.07, 6.45) is 0. The SMILES string of the molecule is COc1ccc(C)cc1NC(=O)N[C@H](C)c1ccc2c(c1)OCO2. The lowest BCUT2D eigenvalue weighted by molar-refractivity contribution is 0.174. The molecule has 0 aliphatic carbocycles. The van der Waals surface area contributed by atoms with E-state index in [1.54, 1.807) is 7.11 Å². The number of hydrogen-bond donors (Lipinski definition) is 2. The van der Waals surface area contributed by atoms with Gasteiger partial charge in [0.25, 0.3) is 0 Å². The van der Waals surface area contributed by atoms with Gasteiger partial charge in [-0.3, -0.25) is 0 Å². The van der Waals surface area contributed by atoms with E-state index in [1.807, 2.05) is 50.2 Å². The predicted molar refractivity (Wildman–Crippen MR) is 90.9 cm³/mol. The van der Waals surface area contributed by atoms with Gasteiger partial charge in [0.05, 0.1) is 18.8 Å². The Morgan fingerprint density at radius 3 is 2.75 bits per heavy atom. The highest BCUT2D eigenvalue weighted by molar-refractivity contribution is 5.91. The zero-order chi connectivity index (χ0) is 17.1. The molecule has 6 heteroatoms. The van der Waals surface area contributed by atoms with E-state index in [-0.39, 0.29) is 18.9 Å². The number of ether oxygens (including phenoxy) is 3. The largest absolute Gasteiger partial charge is 0.495 e. The number of methoxy groups -OCH3 is 1. The van der Waals surface area contributed by atoms with E-state index in [1.165, 1.54) is 0 Å². The van der Waals surface area contributed by atoms with Crippen LogP contribution in [-0.2, 0) is 0 Å². The van der Waals surface area contributed by atoms with Crippen molar-refractivity contribution >= 4 is 11.7 Å². The van der Waals surface area contributed by atoms with Crippen molar-refractivity contribution in [3.63, 3.8) is 0 Å². The molecule has 0 bridgehead atoms. The third-order valence-corrected chi connectivity index (χ3v) is 3.85. The minimum absolute atomic E-state index is 0.185. The average Bonchev–Trinajstić information content (AvgIpc) is 3.02. The van der Waals surface area contributed by atoms with Crippen molar-refractivity contribution in [3.05, 3.63) is 47.5 Å². The van der Waals surface area contributed by atoms with Gasteiger partial charge in [-0.25, -0.2) is 4.79 Å². The molecule has 1 heterocycles. The number of nitrogens with one attached hydrogen (secondary N) is 2. The van der Waals surface area contributed by atoms with Crippen LogP contribution in [0.5, 0.6) is 17.2 Å². The van der Waals surface area contributed by atoms with Crippen molar-refractivity contribution in [1.29, 1.82) is 0 Å². The molecule has 3 rings (SSSR count). The summed E-state index contributed by atoms with van der Waals surface area (Å²) in [6.45, 7) is 4.09. The molecule has 0 radical (unpaired) electrons. The smallest absolute Gasteiger partial charge is 0.319 e. The van der Waals surface area contributed by atoms with Gasteiger partial charge in [0, 0.05) is 0 Å². The predicted octanol–water partition coefficient (Wildman–Crippen LogP) is 3.62. The van der Waals surface area contributed by atoms with Crippen molar-refractivity contribution in [2.24, 2.45) is 0 Å². The molecule has 0 aromatic heterocycles. The monoisotopic (exact) mass is 328 g/mol. The lowest BCUT2D eigenvalue weighted by Gasteiger charge is -2.17. The second-order valence-corrected chi connectivity index (χ2v) is 5.64. The van der Waals surface area contributed by atoms with Crippen LogP contribution in [0.4, 0.5) is 10.5 Å². The molecule has 2 amide bonds. The van der Waals surface area contributed by atoms with Gasteiger partial charge in [-0.1, -0.05) is 12.1 Å². The molecule has 0 saturated heterocycles. The third kappa shape index (κ3) is 3.37. The maximum absolute atomic E-state index is 12.3. The first-order valence-electron chi connectivity index (χ1n) is 7.68. The van der Waals surface area contributed by atoms with Crippen molar-refractivity contribution in [2.45, 2.75) is 19.9 Å². The number of rotatable bonds is 4. The molecule has 0 spiro atoms. The Morgan fingerprint density at radius 2 is 1.96 bits per heavy atom. The van der Waals surface area contributed by atoms with Crippen LogP contribution in [0.25, 0.3) is 0 Å². The number of amides is 2. The molecule has 2 aromatic carbocycles. The lowest BCUT2D eigenvalue weighted by Crippen LogP contribution is -2.31. The number of hydrogen-bond acceptors (Lipinski definition) is 4. The van der Waals surface area contributed by atoms with E-state index in [4.69, 9.17) is 14.2 Å². The van der Waals surface area contributed by atoms with E-state index >= 15 is 0 Å². The van der Waals surface area contributed by atoms with Crippen LogP contribution in [0, 0.1) is 6.92 Å². The van der Waals surface area contributed by atoms with Crippen molar-refractivity contribution in [1.82, 2.24) is 5.32 Å². The number of aryl methyl sites for hydroxylation is 1. The molecular weight excluding hydrogens is 308 g/mol. The third-order valence-electron chi connectivity index (χ3n) is 3.85. The Kier molecular flexibility index (Phi) is 4.46. The number of anilines is 1. The van der Waals surface area contributed by atoms with Gasteiger partial charge >= 0.3 is 6.03 Å². The summed E-state index contributed by atoms with van der Waals surface area (Å²) in [4.78, 5) is 12.3. The first-order valence-corrected chi connectivity index (χ1v) is 7.68. The van der Waals surface area contributed by atoms with Crippen molar-refractivity contribution in [3.8, 4) is 17.2 Å². The maximum Gasteiger partial charge on any atom is 0.319 e. The Morgan fingerprint density at radius 1 is 1.17 bits per heavy atom. The Bertz CT molecular complexity index is 761. The molecule has 0 saturated carbocycles. The first kappa shape index (κ1) is 16.0. The number of carbonyl (C=O) groups excluding carboxylic acids is 1. The van der Waals surface area contributed by atoms with Crippen LogP contribution in [-0.4, -0.2) is 19.9 Å². The number of carbonyl (C=O) groups is 1. The summed E-state index contributed by atoms with van der Waals surface area (Å²) in [7, 11) is 1.57. The minimum atomic E-state index is -0.302. The second-order valence-electron chi connectivity index (χ2n) is 5.64. The topological polar surface area (TPSA) is 68.8 Å². The Hall–Kier alpha value is -2.89. The van der Waals surface area contributed by atoms with Crippen LogP contribution in [0.1, 0.15) is 24.1 Å². The Balaban J connectivity index is 1.67. The van der Waals surface area contributed by atoms with Crippen LogP contribution in [0.3, 0.4) is 0 Å². The summed E-state index contributed by atoms with van der Waals surface area (Å²) < 4.78 is 15.9. The first-order chi connectivity index (χ1) is 11.6. The van der Waals surface area contributed by atoms with Gasteiger partial charge in [-0.15, -0.1) is 0 Å². The molecule has 1 atom stereocenters. The van der Waals surface area contributed by atoms with Gasteiger partial charge in [-0.2, -0.15) is 0 Å². The number of fused-ring (bicyclic) bond motifs is 1. The van der Waals surface area contributed by atoms with Crippen LogP contribution in [0.2, 0.25) is 0 Å². The average molecular weight is 328 g/mol. The molecule has 2 aromatic rings. The molecule has 2 N–H and O–H groups in total. The summed E-state index contributed by atoms with van der Waals surface area (Å²) in [5, 5.41) is 5.73. The summed E-state index contributed by atoms with van der Waals surface area (Å²) in [5.74, 6) is 2.04. The molecule has 126 valence electrons. The fourth-order valence-electron chi connectivity index (χ4n) is 2.54. The van der Waals surface area contributed by atoms with Gasteiger partial charge in [0.15, 0.2) is 11.5 Å². The molecule has 24 heavy (non-hydrogen) atoms. The van der Waals surface area contributed by atoms with E-state index in [0.717, 1.165) is 16.9 Å². The molecule has 6 nitrogen and oxygen atoms in total. The Labute approximate surface area is 140 Å². The fraction of sp³-hybridized carbons (Fsp3) is 0.278. The van der Waals surface area contributed by atoms with Crippen LogP contribution < -0.4 is 24.8 Å². The zero-order valence-corrected chi connectivity index (χ0v) is 13.9.